The fourth-order valence-electron chi connectivity index (χ4n) is 2.21. The maximum atomic E-state index is 4.47. The van der Waals surface area contributed by atoms with Gasteiger partial charge in [-0.25, -0.2) is 9.97 Å². The second kappa shape index (κ2) is 6.94. The largest absolute Gasteiger partial charge is 0.373 e. The summed E-state index contributed by atoms with van der Waals surface area (Å²) in [4.78, 5) is 10.0. The van der Waals surface area contributed by atoms with E-state index in [4.69, 9.17) is 0 Å². The third-order valence-electron chi connectivity index (χ3n) is 3.42. The SMILES string of the molecule is CNc1ncnc(Sc2ccc(C(C)C)cc2)c1C(C)C. The summed E-state index contributed by atoms with van der Waals surface area (Å²) in [5.41, 5.74) is 2.54. The van der Waals surface area contributed by atoms with Crippen LogP contribution in [0.25, 0.3) is 0 Å². The maximum absolute atomic E-state index is 4.47. The van der Waals surface area contributed by atoms with Crippen LogP contribution in [0.2, 0.25) is 0 Å². The number of hydrogen-bond donors (Lipinski definition) is 1. The van der Waals surface area contributed by atoms with E-state index < -0.39 is 0 Å². The van der Waals surface area contributed by atoms with E-state index in [1.165, 1.54) is 16.0 Å². The molecule has 0 radical (unpaired) electrons. The predicted octanol–water partition coefficient (Wildman–Crippen LogP) is 4.92. The standard InChI is InChI=1S/C17H23N3S/c1-11(2)13-6-8-14(9-7-13)21-17-15(12(3)4)16(18-5)19-10-20-17/h6-12H,1-5H3,(H,18,19,20). The molecule has 0 spiro atoms. The van der Waals surface area contributed by atoms with Crippen LogP contribution in [-0.4, -0.2) is 17.0 Å². The van der Waals surface area contributed by atoms with Crippen molar-refractivity contribution < 1.29 is 0 Å². The number of anilines is 1. The minimum Gasteiger partial charge on any atom is -0.373 e. The van der Waals surface area contributed by atoms with Crippen molar-refractivity contribution in [3.8, 4) is 0 Å². The Morgan fingerprint density at radius 3 is 2.14 bits per heavy atom. The highest BCUT2D eigenvalue weighted by atomic mass is 32.2. The lowest BCUT2D eigenvalue weighted by molar-refractivity contribution is 0.806. The molecule has 0 aliphatic heterocycles. The highest BCUT2D eigenvalue weighted by molar-refractivity contribution is 7.99. The Kier molecular flexibility index (Phi) is 5.23. The normalized spacial score (nSPS) is 11.2. The second-order valence-electron chi connectivity index (χ2n) is 5.67. The Morgan fingerprint density at radius 2 is 1.62 bits per heavy atom. The van der Waals surface area contributed by atoms with Crippen LogP contribution in [-0.2, 0) is 0 Å². The monoisotopic (exact) mass is 301 g/mol. The van der Waals surface area contributed by atoms with Gasteiger partial charge in [0.1, 0.15) is 17.2 Å². The average Bonchev–Trinajstić information content (AvgIpc) is 2.47. The first kappa shape index (κ1) is 15.8. The van der Waals surface area contributed by atoms with Crippen molar-refractivity contribution in [1.82, 2.24) is 9.97 Å². The molecule has 0 aliphatic carbocycles. The van der Waals surface area contributed by atoms with E-state index in [0.717, 1.165) is 10.8 Å². The molecule has 3 nitrogen and oxygen atoms in total. The maximum Gasteiger partial charge on any atom is 0.133 e. The topological polar surface area (TPSA) is 37.8 Å². The van der Waals surface area contributed by atoms with E-state index in [1.54, 1.807) is 18.1 Å². The number of benzene rings is 1. The van der Waals surface area contributed by atoms with Crippen molar-refractivity contribution in [2.75, 3.05) is 12.4 Å². The lowest BCUT2D eigenvalue weighted by Gasteiger charge is -2.15. The summed E-state index contributed by atoms with van der Waals surface area (Å²) >= 11 is 1.70. The first-order chi connectivity index (χ1) is 10.0. The van der Waals surface area contributed by atoms with E-state index in [0.29, 0.717) is 11.8 Å². The Hall–Kier alpha value is -1.55. The van der Waals surface area contributed by atoms with Crippen molar-refractivity contribution >= 4 is 17.6 Å². The molecule has 112 valence electrons. The number of nitrogens with zero attached hydrogens (tertiary/aromatic N) is 2. The molecule has 0 fully saturated rings. The highest BCUT2D eigenvalue weighted by Gasteiger charge is 2.15. The quantitative estimate of drug-likeness (QED) is 0.796. The van der Waals surface area contributed by atoms with Crippen LogP contribution in [0.1, 0.15) is 50.7 Å². The molecule has 1 aromatic heterocycles. The van der Waals surface area contributed by atoms with E-state index >= 15 is 0 Å². The molecule has 0 saturated heterocycles. The molecule has 1 aromatic carbocycles. The number of rotatable bonds is 5. The first-order valence-electron chi connectivity index (χ1n) is 7.33. The molecule has 2 rings (SSSR count). The summed E-state index contributed by atoms with van der Waals surface area (Å²) in [7, 11) is 1.90. The fraction of sp³-hybridized carbons (Fsp3) is 0.412. The Balaban J connectivity index is 2.30. The van der Waals surface area contributed by atoms with Crippen LogP contribution in [0.4, 0.5) is 5.82 Å². The van der Waals surface area contributed by atoms with Crippen molar-refractivity contribution in [1.29, 1.82) is 0 Å². The van der Waals surface area contributed by atoms with Gasteiger partial charge in [0, 0.05) is 17.5 Å². The average molecular weight is 301 g/mol. The van der Waals surface area contributed by atoms with Gasteiger partial charge in [0.2, 0.25) is 0 Å². The molecule has 21 heavy (non-hydrogen) atoms. The van der Waals surface area contributed by atoms with E-state index in [2.05, 4.69) is 67.2 Å². The smallest absolute Gasteiger partial charge is 0.133 e. The molecule has 1 N–H and O–H groups in total. The van der Waals surface area contributed by atoms with Gasteiger partial charge in [0.25, 0.3) is 0 Å². The van der Waals surface area contributed by atoms with Gasteiger partial charge in [0.05, 0.1) is 0 Å². The summed E-state index contributed by atoms with van der Waals surface area (Å²) < 4.78 is 0. The van der Waals surface area contributed by atoms with Gasteiger partial charge in [-0.15, -0.1) is 0 Å². The van der Waals surface area contributed by atoms with E-state index in [9.17, 15) is 0 Å². The van der Waals surface area contributed by atoms with Crippen LogP contribution >= 0.6 is 11.8 Å². The molecule has 0 bridgehead atoms. The summed E-state index contributed by atoms with van der Waals surface area (Å²) in [5.74, 6) is 1.86. The van der Waals surface area contributed by atoms with Crippen molar-refractivity contribution in [3.05, 3.63) is 41.7 Å². The zero-order valence-electron chi connectivity index (χ0n) is 13.3. The van der Waals surface area contributed by atoms with E-state index in [-0.39, 0.29) is 0 Å². The van der Waals surface area contributed by atoms with Crippen molar-refractivity contribution in [2.24, 2.45) is 0 Å². The summed E-state index contributed by atoms with van der Waals surface area (Å²) in [6.07, 6.45) is 1.63. The van der Waals surface area contributed by atoms with Crippen LogP contribution < -0.4 is 5.32 Å². The lowest BCUT2D eigenvalue weighted by atomic mass is 10.0. The van der Waals surface area contributed by atoms with E-state index in [1.807, 2.05) is 7.05 Å². The Labute approximate surface area is 131 Å². The molecule has 0 unspecified atom stereocenters. The van der Waals surface area contributed by atoms with Gasteiger partial charge in [0.15, 0.2) is 0 Å². The molecular weight excluding hydrogens is 278 g/mol. The highest BCUT2D eigenvalue weighted by Crippen LogP contribution is 2.35. The zero-order chi connectivity index (χ0) is 15.4. The van der Waals surface area contributed by atoms with Crippen LogP contribution in [0.15, 0.2) is 40.5 Å². The van der Waals surface area contributed by atoms with Crippen LogP contribution in [0, 0.1) is 0 Å². The lowest BCUT2D eigenvalue weighted by Crippen LogP contribution is -2.03. The van der Waals surface area contributed by atoms with Crippen LogP contribution in [0.3, 0.4) is 0 Å². The van der Waals surface area contributed by atoms with Gasteiger partial charge in [-0.3, -0.25) is 0 Å². The van der Waals surface area contributed by atoms with Gasteiger partial charge in [-0.05, 0) is 29.5 Å². The zero-order valence-corrected chi connectivity index (χ0v) is 14.2. The summed E-state index contributed by atoms with van der Waals surface area (Å²) in [6, 6.07) is 8.74. The molecule has 0 aliphatic rings. The van der Waals surface area contributed by atoms with Gasteiger partial charge in [-0.1, -0.05) is 51.6 Å². The summed E-state index contributed by atoms with van der Waals surface area (Å²) in [6.45, 7) is 8.77. The minimum absolute atomic E-state index is 0.381. The Morgan fingerprint density at radius 1 is 0.952 bits per heavy atom. The second-order valence-corrected chi connectivity index (χ2v) is 6.73. The van der Waals surface area contributed by atoms with Crippen LogP contribution in [0.5, 0.6) is 0 Å². The molecule has 0 amide bonds. The molecule has 4 heteroatoms. The molecule has 0 atom stereocenters. The number of hydrogen-bond acceptors (Lipinski definition) is 4. The number of aromatic nitrogens is 2. The van der Waals surface area contributed by atoms with Crippen molar-refractivity contribution in [3.63, 3.8) is 0 Å². The van der Waals surface area contributed by atoms with Gasteiger partial charge in [-0.2, -0.15) is 0 Å². The van der Waals surface area contributed by atoms with Gasteiger partial charge >= 0.3 is 0 Å². The fourth-order valence-corrected chi connectivity index (χ4v) is 3.25. The Bertz CT molecular complexity index is 591. The van der Waals surface area contributed by atoms with Crippen molar-refractivity contribution in [2.45, 2.75) is 49.5 Å². The first-order valence-corrected chi connectivity index (χ1v) is 8.15. The molecule has 2 aromatic rings. The molecule has 1 heterocycles. The summed E-state index contributed by atoms with van der Waals surface area (Å²) in [5, 5.41) is 4.19. The molecular formula is C17H23N3S. The number of nitrogens with one attached hydrogen (secondary N) is 1. The predicted molar refractivity (Wildman–Crippen MR) is 90.3 cm³/mol. The van der Waals surface area contributed by atoms with Gasteiger partial charge < -0.3 is 5.32 Å². The third kappa shape index (κ3) is 3.76. The minimum atomic E-state index is 0.381. The molecule has 0 saturated carbocycles. The third-order valence-corrected chi connectivity index (χ3v) is 4.45.